The molecule has 0 saturated carbocycles. The summed E-state index contributed by atoms with van der Waals surface area (Å²) in [7, 11) is 0. The van der Waals surface area contributed by atoms with Gasteiger partial charge in [0.1, 0.15) is 10.8 Å². The van der Waals surface area contributed by atoms with E-state index in [-0.39, 0.29) is 0 Å². The van der Waals surface area contributed by atoms with Gasteiger partial charge in [0.25, 0.3) is 0 Å². The lowest BCUT2D eigenvalue weighted by Gasteiger charge is -2.04. The van der Waals surface area contributed by atoms with Crippen molar-refractivity contribution in [1.29, 1.82) is 0 Å². The van der Waals surface area contributed by atoms with Gasteiger partial charge >= 0.3 is 0 Å². The van der Waals surface area contributed by atoms with Gasteiger partial charge in [-0.2, -0.15) is 9.61 Å². The maximum absolute atomic E-state index is 5.60. The average Bonchev–Trinajstić information content (AvgIpc) is 3.05. The third-order valence-electron chi connectivity index (χ3n) is 3.11. The van der Waals surface area contributed by atoms with Gasteiger partial charge in [-0.1, -0.05) is 32.1 Å². The van der Waals surface area contributed by atoms with E-state index in [2.05, 4.69) is 36.1 Å². The van der Waals surface area contributed by atoms with Gasteiger partial charge in [-0.15, -0.1) is 10.2 Å². The zero-order chi connectivity index (χ0) is 14.8. The van der Waals surface area contributed by atoms with E-state index in [0.717, 1.165) is 40.1 Å². The van der Waals surface area contributed by atoms with Gasteiger partial charge in [0.15, 0.2) is 5.82 Å². The Hall–Kier alpha value is -1.95. The lowest BCUT2D eigenvalue weighted by atomic mass is 10.2. The van der Waals surface area contributed by atoms with Crippen LogP contribution in [0.15, 0.2) is 24.3 Å². The summed E-state index contributed by atoms with van der Waals surface area (Å²) in [5.41, 5.74) is 1.07. The van der Waals surface area contributed by atoms with Crippen molar-refractivity contribution in [3.63, 3.8) is 0 Å². The van der Waals surface area contributed by atoms with Crippen molar-refractivity contribution in [2.75, 3.05) is 6.61 Å². The third-order valence-corrected chi connectivity index (χ3v) is 4.05. The number of benzene rings is 1. The van der Waals surface area contributed by atoms with Crippen LogP contribution >= 0.6 is 11.3 Å². The summed E-state index contributed by atoms with van der Waals surface area (Å²) in [6.45, 7) is 7.03. The van der Waals surface area contributed by atoms with Gasteiger partial charge in [-0.25, -0.2) is 0 Å². The molecule has 0 bridgehead atoms. The van der Waals surface area contributed by atoms with Gasteiger partial charge in [-0.3, -0.25) is 0 Å². The SMILES string of the molecule is CCCOc1ccc(-c2nn3c(C(C)C)nnc3s2)cc1. The van der Waals surface area contributed by atoms with Gasteiger partial charge in [-0.05, 0) is 30.7 Å². The molecule has 2 heterocycles. The van der Waals surface area contributed by atoms with E-state index in [1.54, 1.807) is 11.3 Å². The zero-order valence-corrected chi connectivity index (χ0v) is 13.2. The highest BCUT2D eigenvalue weighted by atomic mass is 32.1. The Morgan fingerprint density at radius 3 is 2.62 bits per heavy atom. The van der Waals surface area contributed by atoms with Crippen molar-refractivity contribution in [3.8, 4) is 16.3 Å². The van der Waals surface area contributed by atoms with Crippen molar-refractivity contribution in [2.45, 2.75) is 33.1 Å². The Labute approximate surface area is 127 Å². The third kappa shape index (κ3) is 2.76. The van der Waals surface area contributed by atoms with Crippen LogP contribution in [0, 0.1) is 0 Å². The Bertz CT molecular complexity index is 730. The maximum atomic E-state index is 5.60. The molecular formula is C15H18N4OS. The van der Waals surface area contributed by atoms with E-state index in [1.807, 2.05) is 28.8 Å². The Morgan fingerprint density at radius 1 is 1.19 bits per heavy atom. The van der Waals surface area contributed by atoms with E-state index in [9.17, 15) is 0 Å². The monoisotopic (exact) mass is 302 g/mol. The van der Waals surface area contributed by atoms with Crippen molar-refractivity contribution in [1.82, 2.24) is 19.8 Å². The zero-order valence-electron chi connectivity index (χ0n) is 12.4. The first kappa shape index (κ1) is 14.0. The molecule has 0 amide bonds. The van der Waals surface area contributed by atoms with Crippen molar-refractivity contribution >= 4 is 16.3 Å². The molecule has 110 valence electrons. The molecule has 0 fully saturated rings. The highest BCUT2D eigenvalue weighted by molar-refractivity contribution is 7.19. The van der Waals surface area contributed by atoms with Crippen LogP contribution in [-0.4, -0.2) is 26.4 Å². The van der Waals surface area contributed by atoms with Gasteiger partial charge in [0, 0.05) is 11.5 Å². The molecule has 0 N–H and O–H groups in total. The topological polar surface area (TPSA) is 52.3 Å². The molecule has 3 rings (SSSR count). The fraction of sp³-hybridized carbons (Fsp3) is 0.400. The molecule has 0 saturated heterocycles. The van der Waals surface area contributed by atoms with Gasteiger partial charge in [0.05, 0.1) is 6.61 Å². The molecule has 5 nitrogen and oxygen atoms in total. The van der Waals surface area contributed by atoms with Gasteiger partial charge in [0.2, 0.25) is 4.96 Å². The summed E-state index contributed by atoms with van der Waals surface area (Å²) in [4.78, 5) is 0.833. The van der Waals surface area contributed by atoms with Crippen LogP contribution in [0.1, 0.15) is 38.9 Å². The molecule has 0 unspecified atom stereocenters. The number of ether oxygens (including phenoxy) is 1. The number of hydrogen-bond donors (Lipinski definition) is 0. The standard InChI is InChI=1S/C15H18N4OS/c1-4-9-20-12-7-5-11(6-8-12)14-18-19-13(10(2)3)16-17-15(19)21-14/h5-8,10H,4,9H2,1-3H3. The number of nitrogens with zero attached hydrogens (tertiary/aromatic N) is 4. The second-order valence-electron chi connectivity index (χ2n) is 5.19. The smallest absolute Gasteiger partial charge is 0.234 e. The predicted octanol–water partition coefficient (Wildman–Crippen LogP) is 3.77. The normalized spacial score (nSPS) is 11.4. The summed E-state index contributed by atoms with van der Waals surface area (Å²) in [6, 6.07) is 8.03. The second-order valence-corrected chi connectivity index (χ2v) is 6.14. The molecule has 0 atom stereocenters. The molecule has 0 aliphatic heterocycles. The molecule has 1 aromatic carbocycles. The van der Waals surface area contributed by atoms with Crippen LogP contribution < -0.4 is 4.74 Å². The Balaban J connectivity index is 1.89. The molecule has 0 aliphatic rings. The first-order valence-corrected chi connectivity index (χ1v) is 7.96. The summed E-state index contributed by atoms with van der Waals surface area (Å²) in [6.07, 6.45) is 1.01. The van der Waals surface area contributed by atoms with E-state index in [1.165, 1.54) is 0 Å². The first-order chi connectivity index (χ1) is 10.2. The first-order valence-electron chi connectivity index (χ1n) is 7.14. The molecular weight excluding hydrogens is 284 g/mol. The lowest BCUT2D eigenvalue weighted by Crippen LogP contribution is -1.98. The summed E-state index contributed by atoms with van der Waals surface area (Å²) < 4.78 is 7.44. The van der Waals surface area contributed by atoms with E-state index in [0.29, 0.717) is 5.92 Å². The molecule has 6 heteroatoms. The van der Waals surface area contributed by atoms with E-state index >= 15 is 0 Å². The van der Waals surface area contributed by atoms with E-state index < -0.39 is 0 Å². The van der Waals surface area contributed by atoms with Crippen LogP contribution in [0.25, 0.3) is 15.5 Å². The van der Waals surface area contributed by atoms with Crippen molar-refractivity contribution < 1.29 is 4.74 Å². The van der Waals surface area contributed by atoms with Crippen LogP contribution in [0.5, 0.6) is 5.75 Å². The number of rotatable bonds is 5. The fourth-order valence-corrected chi connectivity index (χ4v) is 2.87. The highest BCUT2D eigenvalue weighted by Crippen LogP contribution is 2.28. The summed E-state index contributed by atoms with van der Waals surface area (Å²) >= 11 is 1.55. The van der Waals surface area contributed by atoms with Crippen molar-refractivity contribution in [2.24, 2.45) is 0 Å². The van der Waals surface area contributed by atoms with Crippen LogP contribution in [-0.2, 0) is 0 Å². The Morgan fingerprint density at radius 2 is 1.95 bits per heavy atom. The minimum Gasteiger partial charge on any atom is -0.494 e. The molecule has 2 aromatic heterocycles. The molecule has 21 heavy (non-hydrogen) atoms. The Kier molecular flexibility index (Phi) is 3.88. The quantitative estimate of drug-likeness (QED) is 0.720. The van der Waals surface area contributed by atoms with Gasteiger partial charge < -0.3 is 4.74 Å². The number of hydrogen-bond acceptors (Lipinski definition) is 5. The minimum atomic E-state index is 0.305. The molecule has 3 aromatic rings. The molecule has 0 radical (unpaired) electrons. The predicted molar refractivity (Wildman–Crippen MR) is 84.0 cm³/mol. The summed E-state index contributed by atoms with van der Waals surface area (Å²) in [5, 5.41) is 13.9. The van der Waals surface area contributed by atoms with Crippen molar-refractivity contribution in [3.05, 3.63) is 30.1 Å². The van der Waals surface area contributed by atoms with E-state index in [4.69, 9.17) is 4.74 Å². The maximum Gasteiger partial charge on any atom is 0.234 e. The molecule has 0 aliphatic carbocycles. The second kappa shape index (κ2) is 5.81. The summed E-state index contributed by atoms with van der Waals surface area (Å²) in [5.74, 6) is 2.10. The largest absolute Gasteiger partial charge is 0.494 e. The average molecular weight is 302 g/mol. The van der Waals surface area contributed by atoms with Crippen LogP contribution in [0.4, 0.5) is 0 Å². The minimum absolute atomic E-state index is 0.305. The molecule has 0 spiro atoms. The fourth-order valence-electron chi connectivity index (χ4n) is 2.02. The van der Waals surface area contributed by atoms with Crippen LogP contribution in [0.2, 0.25) is 0 Å². The lowest BCUT2D eigenvalue weighted by molar-refractivity contribution is 0.317. The highest BCUT2D eigenvalue weighted by Gasteiger charge is 2.15. The number of fused-ring (bicyclic) bond motifs is 1. The van der Waals surface area contributed by atoms with Crippen LogP contribution in [0.3, 0.4) is 0 Å². The number of aromatic nitrogens is 4.